The summed E-state index contributed by atoms with van der Waals surface area (Å²) in [5.41, 5.74) is 2.92. The molecule has 4 heterocycles. The summed E-state index contributed by atoms with van der Waals surface area (Å²) in [6, 6.07) is 12.6. The zero-order valence-electron chi connectivity index (χ0n) is 19.2. The van der Waals surface area contributed by atoms with Gasteiger partial charge in [-0.2, -0.15) is 5.10 Å². The predicted molar refractivity (Wildman–Crippen MR) is 127 cm³/mol. The lowest BCUT2D eigenvalue weighted by atomic mass is 9.94. The van der Waals surface area contributed by atoms with Crippen molar-refractivity contribution in [1.29, 1.82) is 0 Å². The number of Topliss-reactive ketones (excluding diaryl/α,β-unsaturated/α-hetero) is 1. The van der Waals surface area contributed by atoms with Gasteiger partial charge >= 0.3 is 0 Å². The summed E-state index contributed by atoms with van der Waals surface area (Å²) in [5.74, 6) is -1.44. The summed E-state index contributed by atoms with van der Waals surface area (Å²) in [5, 5.41) is 11.2. The third-order valence-corrected chi connectivity index (χ3v) is 6.35. The van der Waals surface area contributed by atoms with Gasteiger partial charge in [0, 0.05) is 50.0 Å². The molecule has 0 bridgehead atoms. The first-order valence-electron chi connectivity index (χ1n) is 11.3. The average Bonchev–Trinajstić information content (AvgIpc) is 3.38. The summed E-state index contributed by atoms with van der Waals surface area (Å²) in [4.78, 5) is 46.9. The number of amides is 2. The molecule has 0 saturated carbocycles. The average molecular weight is 473 g/mol. The Morgan fingerprint density at radius 1 is 1.00 bits per heavy atom. The maximum absolute atomic E-state index is 13.3. The van der Waals surface area contributed by atoms with Crippen molar-refractivity contribution in [3.8, 4) is 17.1 Å². The Labute approximate surface area is 201 Å². The minimum Gasteiger partial charge on any atom is -0.495 e. The maximum atomic E-state index is 13.3. The molecule has 1 aromatic carbocycles. The van der Waals surface area contributed by atoms with Crippen LogP contribution in [0.4, 0.5) is 5.69 Å². The van der Waals surface area contributed by atoms with Crippen molar-refractivity contribution in [1.82, 2.24) is 25.0 Å². The zero-order chi connectivity index (χ0) is 24.4. The number of nitrogens with one attached hydrogen (secondary N) is 1. The van der Waals surface area contributed by atoms with E-state index in [1.807, 2.05) is 18.2 Å². The highest BCUT2D eigenvalue weighted by molar-refractivity contribution is 6.38. The number of pyridine rings is 1. The molecular formula is C25H24N6O4. The maximum Gasteiger partial charge on any atom is 0.290 e. The number of ether oxygens (including phenoxy) is 1. The van der Waals surface area contributed by atoms with E-state index in [0.717, 1.165) is 0 Å². The first-order valence-corrected chi connectivity index (χ1v) is 11.3. The number of hydrogen-bond donors (Lipinski definition) is 1. The van der Waals surface area contributed by atoms with Gasteiger partial charge in [-0.05, 0) is 24.3 Å². The Balaban J connectivity index is 1.32. The van der Waals surface area contributed by atoms with E-state index in [0.29, 0.717) is 60.1 Å². The summed E-state index contributed by atoms with van der Waals surface area (Å²) >= 11 is 0. The predicted octanol–water partition coefficient (Wildman–Crippen LogP) is 1.61. The molecule has 2 aliphatic rings. The fourth-order valence-electron chi connectivity index (χ4n) is 4.53. The SMILES string of the molecule is COc1cnc(-c2cccnn2)c2c1C(C(=O)C(=O)N1CCN(C(=O)c3ccccc3)CC1)CN2. The van der Waals surface area contributed by atoms with Crippen molar-refractivity contribution in [3.05, 3.63) is 66.0 Å². The second-order valence-corrected chi connectivity index (χ2v) is 8.32. The number of benzene rings is 1. The Morgan fingerprint density at radius 2 is 1.74 bits per heavy atom. The quantitative estimate of drug-likeness (QED) is 0.557. The number of ketones is 1. The minimum absolute atomic E-state index is 0.0771. The van der Waals surface area contributed by atoms with Crippen LogP contribution in [0.25, 0.3) is 11.4 Å². The van der Waals surface area contributed by atoms with Gasteiger partial charge in [-0.25, -0.2) is 4.98 Å². The van der Waals surface area contributed by atoms with Gasteiger partial charge in [0.2, 0.25) is 5.78 Å². The highest BCUT2D eigenvalue weighted by atomic mass is 16.5. The lowest BCUT2D eigenvalue weighted by Gasteiger charge is -2.34. The molecule has 1 saturated heterocycles. The Hall–Kier alpha value is -4.34. The topological polar surface area (TPSA) is 118 Å². The Kier molecular flexibility index (Phi) is 6.09. The van der Waals surface area contributed by atoms with Crippen LogP contribution in [0.2, 0.25) is 0 Å². The number of piperazine rings is 1. The number of aromatic nitrogens is 3. The summed E-state index contributed by atoms with van der Waals surface area (Å²) in [7, 11) is 1.50. The van der Waals surface area contributed by atoms with Crippen molar-refractivity contribution >= 4 is 23.3 Å². The number of fused-ring (bicyclic) bond motifs is 1. The molecule has 3 aromatic rings. The van der Waals surface area contributed by atoms with E-state index in [1.54, 1.807) is 35.4 Å². The molecule has 1 unspecified atom stereocenters. The first kappa shape index (κ1) is 22.5. The molecule has 1 N–H and O–H groups in total. The monoisotopic (exact) mass is 472 g/mol. The van der Waals surface area contributed by atoms with Crippen LogP contribution in [-0.2, 0) is 9.59 Å². The van der Waals surface area contributed by atoms with E-state index in [9.17, 15) is 14.4 Å². The summed E-state index contributed by atoms with van der Waals surface area (Å²) in [6.45, 7) is 1.59. The third kappa shape index (κ3) is 4.18. The number of rotatable bonds is 5. The smallest absolute Gasteiger partial charge is 0.290 e. The van der Waals surface area contributed by atoms with Crippen LogP contribution in [0.15, 0.2) is 54.9 Å². The van der Waals surface area contributed by atoms with Gasteiger partial charge in [-0.1, -0.05) is 18.2 Å². The van der Waals surface area contributed by atoms with Gasteiger partial charge in [0.25, 0.3) is 11.8 Å². The van der Waals surface area contributed by atoms with E-state index in [2.05, 4.69) is 20.5 Å². The van der Waals surface area contributed by atoms with Crippen molar-refractivity contribution < 1.29 is 19.1 Å². The number of carbonyl (C=O) groups is 3. The molecule has 2 amide bonds. The summed E-state index contributed by atoms with van der Waals surface area (Å²) in [6.07, 6.45) is 3.10. The lowest BCUT2D eigenvalue weighted by Crippen LogP contribution is -2.52. The van der Waals surface area contributed by atoms with Gasteiger partial charge in [0.1, 0.15) is 17.1 Å². The van der Waals surface area contributed by atoms with Crippen molar-refractivity contribution in [3.63, 3.8) is 0 Å². The number of hydrogen-bond acceptors (Lipinski definition) is 8. The van der Waals surface area contributed by atoms with Crippen LogP contribution in [0.5, 0.6) is 5.75 Å². The molecule has 1 fully saturated rings. The number of nitrogens with zero attached hydrogens (tertiary/aromatic N) is 5. The van der Waals surface area contributed by atoms with Crippen LogP contribution in [0.1, 0.15) is 21.8 Å². The molecule has 10 heteroatoms. The number of anilines is 1. The normalized spacial score (nSPS) is 16.9. The second-order valence-electron chi connectivity index (χ2n) is 8.32. The van der Waals surface area contributed by atoms with Gasteiger partial charge in [-0.15, -0.1) is 5.10 Å². The molecule has 2 aliphatic heterocycles. The molecule has 0 spiro atoms. The van der Waals surface area contributed by atoms with Crippen molar-refractivity contribution in [2.45, 2.75) is 5.92 Å². The third-order valence-electron chi connectivity index (χ3n) is 6.35. The standard InChI is InChI=1S/C25H24N6O4/c1-35-19-15-27-21(18-8-5-9-28-29-18)22-20(19)17(14-26-22)23(32)25(34)31-12-10-30(11-13-31)24(33)16-6-3-2-4-7-16/h2-9,15,17,26H,10-14H2,1H3. The first-order chi connectivity index (χ1) is 17.1. The van der Waals surface area contributed by atoms with E-state index >= 15 is 0 Å². The van der Waals surface area contributed by atoms with E-state index < -0.39 is 17.6 Å². The molecule has 0 aliphatic carbocycles. The van der Waals surface area contributed by atoms with E-state index in [1.165, 1.54) is 18.2 Å². The van der Waals surface area contributed by atoms with Crippen molar-refractivity contribution in [2.24, 2.45) is 0 Å². The van der Waals surface area contributed by atoms with Crippen molar-refractivity contribution in [2.75, 3.05) is 45.2 Å². The summed E-state index contributed by atoms with van der Waals surface area (Å²) < 4.78 is 5.48. The minimum atomic E-state index is -0.713. The van der Waals surface area contributed by atoms with Crippen LogP contribution < -0.4 is 10.1 Å². The number of methoxy groups -OCH3 is 1. The zero-order valence-corrected chi connectivity index (χ0v) is 19.2. The fourth-order valence-corrected chi connectivity index (χ4v) is 4.53. The molecule has 35 heavy (non-hydrogen) atoms. The molecule has 178 valence electrons. The van der Waals surface area contributed by atoms with Crippen LogP contribution in [0.3, 0.4) is 0 Å². The van der Waals surface area contributed by atoms with Gasteiger partial charge < -0.3 is 19.9 Å². The van der Waals surface area contributed by atoms with Crippen LogP contribution in [-0.4, -0.2) is 82.4 Å². The highest BCUT2D eigenvalue weighted by Crippen LogP contribution is 2.43. The van der Waals surface area contributed by atoms with Gasteiger partial charge in [-0.3, -0.25) is 14.4 Å². The Morgan fingerprint density at radius 3 is 2.43 bits per heavy atom. The fraction of sp³-hybridized carbons (Fsp3) is 0.280. The molecule has 1 atom stereocenters. The second kappa shape index (κ2) is 9.49. The molecule has 2 aromatic heterocycles. The number of carbonyl (C=O) groups excluding carboxylic acids is 3. The molecule has 5 rings (SSSR count). The molecule has 10 nitrogen and oxygen atoms in total. The molecule has 0 radical (unpaired) electrons. The Bertz CT molecular complexity index is 1260. The lowest BCUT2D eigenvalue weighted by molar-refractivity contribution is -0.146. The van der Waals surface area contributed by atoms with Crippen LogP contribution in [0, 0.1) is 0 Å². The largest absolute Gasteiger partial charge is 0.495 e. The van der Waals surface area contributed by atoms with E-state index in [-0.39, 0.29) is 12.5 Å². The highest BCUT2D eigenvalue weighted by Gasteiger charge is 2.39. The molecular weight excluding hydrogens is 448 g/mol. The van der Waals surface area contributed by atoms with E-state index in [4.69, 9.17) is 4.74 Å². The van der Waals surface area contributed by atoms with Gasteiger partial charge in [0.05, 0.1) is 24.9 Å². The van der Waals surface area contributed by atoms with Crippen LogP contribution >= 0.6 is 0 Å². The van der Waals surface area contributed by atoms with Gasteiger partial charge in [0.15, 0.2) is 0 Å².